The predicted molar refractivity (Wildman–Crippen MR) is 107 cm³/mol. The first-order chi connectivity index (χ1) is 13.0. The Morgan fingerprint density at radius 3 is 2.19 bits per heavy atom. The van der Waals surface area contributed by atoms with Gasteiger partial charge in [-0.2, -0.15) is 0 Å². The second-order valence-corrected chi connectivity index (χ2v) is 10.1. The van der Waals surface area contributed by atoms with Crippen molar-refractivity contribution in [3.8, 4) is 5.75 Å². The van der Waals surface area contributed by atoms with Gasteiger partial charge in [0, 0.05) is 12.6 Å². The summed E-state index contributed by atoms with van der Waals surface area (Å²) in [4.78, 5) is 2.71. The smallest absolute Gasteiger partial charge is 0.182 e. The molecule has 4 nitrogen and oxygen atoms in total. The van der Waals surface area contributed by atoms with E-state index in [1.54, 1.807) is 0 Å². The SMILES string of the molecule is O=S(=O)(c1ccc(O)cc1)C1CCN([C@H]2CC[C@H](c3ccccc3)CC2)C1. The summed E-state index contributed by atoms with van der Waals surface area (Å²) in [5.74, 6) is 0.735. The summed E-state index contributed by atoms with van der Waals surface area (Å²) in [6.45, 7) is 1.49. The molecule has 2 aliphatic rings. The van der Waals surface area contributed by atoms with Crippen molar-refractivity contribution in [2.24, 2.45) is 0 Å². The van der Waals surface area contributed by atoms with E-state index in [1.165, 1.54) is 42.7 Å². The minimum absolute atomic E-state index is 0.0946. The standard InChI is InChI=1S/C22H27NO3S/c24-20-10-12-21(13-11-20)27(25,26)22-14-15-23(16-22)19-8-6-18(7-9-19)17-4-2-1-3-5-17/h1-5,10-13,18-19,22,24H,6-9,14-16H2/t18-,19-,22?. The number of rotatable bonds is 4. The van der Waals surface area contributed by atoms with Gasteiger partial charge >= 0.3 is 0 Å². The minimum Gasteiger partial charge on any atom is -0.508 e. The molecule has 2 fully saturated rings. The molecule has 0 amide bonds. The molecule has 2 aromatic carbocycles. The summed E-state index contributed by atoms with van der Waals surface area (Å²) < 4.78 is 25.8. The zero-order valence-corrected chi connectivity index (χ0v) is 16.3. The third-order valence-corrected chi connectivity index (χ3v) is 8.46. The van der Waals surface area contributed by atoms with Gasteiger partial charge in [-0.15, -0.1) is 0 Å². The van der Waals surface area contributed by atoms with E-state index in [9.17, 15) is 13.5 Å². The maximum Gasteiger partial charge on any atom is 0.182 e. The van der Waals surface area contributed by atoms with Gasteiger partial charge in [-0.25, -0.2) is 8.42 Å². The second kappa shape index (κ2) is 7.64. The van der Waals surface area contributed by atoms with E-state index in [1.807, 2.05) is 0 Å². The largest absolute Gasteiger partial charge is 0.508 e. The van der Waals surface area contributed by atoms with Crippen molar-refractivity contribution in [3.05, 3.63) is 60.2 Å². The Bertz CT molecular complexity index is 856. The van der Waals surface area contributed by atoms with Gasteiger partial charge in [0.05, 0.1) is 10.1 Å². The van der Waals surface area contributed by atoms with E-state index in [0.717, 1.165) is 19.4 Å². The molecular formula is C22H27NO3S. The fraction of sp³-hybridized carbons (Fsp3) is 0.455. The lowest BCUT2D eigenvalue weighted by Crippen LogP contribution is -2.37. The fourth-order valence-electron chi connectivity index (χ4n) is 4.67. The van der Waals surface area contributed by atoms with Crippen LogP contribution in [0.1, 0.15) is 43.6 Å². The van der Waals surface area contributed by atoms with Gasteiger partial charge in [-0.3, -0.25) is 4.90 Å². The third-order valence-electron chi connectivity index (χ3n) is 6.26. The highest BCUT2D eigenvalue weighted by molar-refractivity contribution is 7.92. The molecule has 27 heavy (non-hydrogen) atoms. The molecule has 1 heterocycles. The predicted octanol–water partition coefficient (Wildman–Crippen LogP) is 3.97. The monoisotopic (exact) mass is 385 g/mol. The lowest BCUT2D eigenvalue weighted by atomic mass is 9.81. The number of nitrogens with zero attached hydrogens (tertiary/aromatic N) is 1. The highest BCUT2D eigenvalue weighted by Crippen LogP contribution is 2.36. The normalized spacial score (nSPS) is 26.9. The first-order valence-electron chi connectivity index (χ1n) is 9.86. The van der Waals surface area contributed by atoms with Crippen LogP contribution < -0.4 is 0 Å². The van der Waals surface area contributed by atoms with Crippen molar-refractivity contribution < 1.29 is 13.5 Å². The number of hydrogen-bond donors (Lipinski definition) is 1. The van der Waals surface area contributed by atoms with Crippen molar-refractivity contribution in [2.45, 2.75) is 54.2 Å². The Kier molecular flexibility index (Phi) is 5.24. The Morgan fingerprint density at radius 1 is 0.852 bits per heavy atom. The lowest BCUT2D eigenvalue weighted by molar-refractivity contribution is 0.182. The quantitative estimate of drug-likeness (QED) is 0.865. The third kappa shape index (κ3) is 3.90. The minimum atomic E-state index is -3.33. The molecule has 0 bridgehead atoms. The Labute approximate surface area is 161 Å². The van der Waals surface area contributed by atoms with Crippen LogP contribution in [-0.4, -0.2) is 42.8 Å². The molecule has 1 N–H and O–H groups in total. The van der Waals surface area contributed by atoms with Crippen molar-refractivity contribution >= 4 is 9.84 Å². The van der Waals surface area contributed by atoms with E-state index >= 15 is 0 Å². The first kappa shape index (κ1) is 18.5. The van der Waals surface area contributed by atoms with E-state index < -0.39 is 9.84 Å². The molecule has 0 spiro atoms. The van der Waals surface area contributed by atoms with E-state index in [2.05, 4.69) is 35.2 Å². The van der Waals surface area contributed by atoms with Crippen molar-refractivity contribution in [1.29, 1.82) is 0 Å². The molecule has 1 saturated heterocycles. The molecule has 2 aromatic rings. The van der Waals surface area contributed by atoms with Crippen LogP contribution in [-0.2, 0) is 9.84 Å². The number of benzene rings is 2. The van der Waals surface area contributed by atoms with Crippen LogP contribution in [0.3, 0.4) is 0 Å². The van der Waals surface area contributed by atoms with Gasteiger partial charge in [-0.1, -0.05) is 30.3 Å². The summed E-state index contributed by atoms with van der Waals surface area (Å²) >= 11 is 0. The van der Waals surface area contributed by atoms with Crippen LogP contribution in [0.25, 0.3) is 0 Å². The number of sulfone groups is 1. The van der Waals surface area contributed by atoms with Gasteiger partial charge < -0.3 is 5.11 Å². The van der Waals surface area contributed by atoms with Crippen molar-refractivity contribution in [1.82, 2.24) is 4.90 Å². The molecule has 4 rings (SSSR count). The Balaban J connectivity index is 1.37. The zero-order chi connectivity index (χ0) is 18.9. The van der Waals surface area contributed by atoms with Gasteiger partial charge in [0.2, 0.25) is 0 Å². The van der Waals surface area contributed by atoms with Crippen LogP contribution >= 0.6 is 0 Å². The van der Waals surface area contributed by atoms with Crippen LogP contribution in [0.5, 0.6) is 5.75 Å². The van der Waals surface area contributed by atoms with Crippen LogP contribution in [0.15, 0.2) is 59.5 Å². The number of likely N-dealkylation sites (tertiary alicyclic amines) is 1. The van der Waals surface area contributed by atoms with E-state index in [4.69, 9.17) is 0 Å². The molecule has 0 radical (unpaired) electrons. The van der Waals surface area contributed by atoms with Gasteiger partial charge in [0.1, 0.15) is 5.75 Å². The molecule has 1 aliphatic carbocycles. The molecule has 1 saturated carbocycles. The highest BCUT2D eigenvalue weighted by atomic mass is 32.2. The zero-order valence-electron chi connectivity index (χ0n) is 15.5. The number of phenolic OH excluding ortho intramolecular Hbond substituents is 1. The second-order valence-electron chi connectivity index (χ2n) is 7.86. The Morgan fingerprint density at radius 2 is 1.52 bits per heavy atom. The summed E-state index contributed by atoms with van der Waals surface area (Å²) in [5, 5.41) is 9.06. The summed E-state index contributed by atoms with van der Waals surface area (Å²) in [5.41, 5.74) is 1.44. The molecule has 1 aliphatic heterocycles. The maximum atomic E-state index is 12.9. The van der Waals surface area contributed by atoms with Crippen LogP contribution in [0.4, 0.5) is 0 Å². The average molecular weight is 386 g/mol. The van der Waals surface area contributed by atoms with Gasteiger partial charge in [0.25, 0.3) is 0 Å². The Hall–Kier alpha value is -1.85. The molecule has 1 unspecified atom stereocenters. The molecular weight excluding hydrogens is 358 g/mol. The van der Waals surface area contributed by atoms with Crippen LogP contribution in [0.2, 0.25) is 0 Å². The summed E-state index contributed by atoms with van der Waals surface area (Å²) in [6.07, 6.45) is 5.35. The van der Waals surface area contributed by atoms with E-state index in [-0.39, 0.29) is 11.0 Å². The van der Waals surface area contributed by atoms with Crippen molar-refractivity contribution in [2.75, 3.05) is 13.1 Å². The fourth-order valence-corrected chi connectivity index (χ4v) is 6.37. The van der Waals surface area contributed by atoms with E-state index in [0.29, 0.717) is 29.8 Å². The number of phenols is 1. The first-order valence-corrected chi connectivity index (χ1v) is 11.4. The van der Waals surface area contributed by atoms with Crippen molar-refractivity contribution in [3.63, 3.8) is 0 Å². The molecule has 144 valence electrons. The average Bonchev–Trinajstić information content (AvgIpc) is 3.20. The highest BCUT2D eigenvalue weighted by Gasteiger charge is 2.37. The lowest BCUT2D eigenvalue weighted by Gasteiger charge is -2.35. The summed E-state index contributed by atoms with van der Waals surface area (Å²) in [6, 6.07) is 17.2. The summed E-state index contributed by atoms with van der Waals surface area (Å²) in [7, 11) is -3.33. The number of hydrogen-bond acceptors (Lipinski definition) is 4. The molecule has 1 atom stereocenters. The topological polar surface area (TPSA) is 57.6 Å². The van der Waals surface area contributed by atoms with Gasteiger partial charge in [0.15, 0.2) is 9.84 Å². The number of aromatic hydroxyl groups is 1. The maximum absolute atomic E-state index is 12.9. The molecule has 0 aromatic heterocycles. The van der Waals surface area contributed by atoms with Gasteiger partial charge in [-0.05, 0) is 74.4 Å². The molecule has 5 heteroatoms. The van der Waals surface area contributed by atoms with Crippen LogP contribution in [0, 0.1) is 0 Å².